The van der Waals surface area contributed by atoms with Crippen molar-refractivity contribution in [3.8, 4) is 5.75 Å². The van der Waals surface area contributed by atoms with Gasteiger partial charge >= 0.3 is 0 Å². The smallest absolute Gasteiger partial charge is 0.119 e. The first-order valence-corrected chi connectivity index (χ1v) is 6.58. The molecule has 0 bridgehead atoms. The van der Waals surface area contributed by atoms with E-state index in [4.69, 9.17) is 9.47 Å². The van der Waals surface area contributed by atoms with Gasteiger partial charge in [0.15, 0.2) is 0 Å². The molecular weight excluding hydrogens is 226 g/mol. The van der Waals surface area contributed by atoms with E-state index in [1.54, 1.807) is 7.11 Å². The summed E-state index contributed by atoms with van der Waals surface area (Å²) in [7, 11) is 1.72. The molecule has 1 atom stereocenters. The molecule has 3 nitrogen and oxygen atoms in total. The van der Waals surface area contributed by atoms with Crippen molar-refractivity contribution in [1.82, 2.24) is 5.32 Å². The van der Waals surface area contributed by atoms with Crippen molar-refractivity contribution >= 4 is 0 Å². The van der Waals surface area contributed by atoms with Crippen molar-refractivity contribution in [2.24, 2.45) is 5.92 Å². The van der Waals surface area contributed by atoms with E-state index in [-0.39, 0.29) is 0 Å². The lowest BCUT2D eigenvalue weighted by atomic mass is 10.1. The highest BCUT2D eigenvalue weighted by atomic mass is 16.5. The second kappa shape index (κ2) is 8.11. The Bertz CT molecular complexity index is 339. The van der Waals surface area contributed by atoms with Gasteiger partial charge in [-0.3, -0.25) is 0 Å². The Labute approximate surface area is 110 Å². The average Bonchev–Trinajstić information content (AvgIpc) is 2.37. The lowest BCUT2D eigenvalue weighted by Gasteiger charge is -2.15. The number of nitrogens with one attached hydrogen (secondary N) is 1. The molecule has 0 aromatic heterocycles. The van der Waals surface area contributed by atoms with Crippen LogP contribution in [0.15, 0.2) is 24.3 Å². The summed E-state index contributed by atoms with van der Waals surface area (Å²) in [6.07, 6.45) is 0. The Morgan fingerprint density at radius 3 is 2.67 bits per heavy atom. The molecule has 1 unspecified atom stereocenters. The summed E-state index contributed by atoms with van der Waals surface area (Å²) < 4.78 is 10.8. The van der Waals surface area contributed by atoms with Crippen molar-refractivity contribution in [3.05, 3.63) is 29.8 Å². The Hall–Kier alpha value is -1.06. The third kappa shape index (κ3) is 5.52. The first-order valence-electron chi connectivity index (χ1n) is 6.58. The van der Waals surface area contributed by atoms with Crippen LogP contribution in [0.1, 0.15) is 32.4 Å². The Kier molecular flexibility index (Phi) is 6.76. The minimum atomic E-state index is 0.308. The number of hydrogen-bond acceptors (Lipinski definition) is 3. The summed E-state index contributed by atoms with van der Waals surface area (Å²) in [6, 6.07) is 8.58. The summed E-state index contributed by atoms with van der Waals surface area (Å²) in [5.74, 6) is 1.49. The Morgan fingerprint density at radius 2 is 2.00 bits per heavy atom. The first kappa shape index (κ1) is 15.0. The summed E-state index contributed by atoms with van der Waals surface area (Å²) >= 11 is 0. The van der Waals surface area contributed by atoms with Gasteiger partial charge in [-0.25, -0.2) is 0 Å². The average molecular weight is 251 g/mol. The monoisotopic (exact) mass is 251 g/mol. The minimum absolute atomic E-state index is 0.308. The molecule has 0 saturated heterocycles. The molecule has 1 N–H and O–H groups in total. The second-order valence-electron chi connectivity index (χ2n) is 4.95. The van der Waals surface area contributed by atoms with Crippen LogP contribution in [0.2, 0.25) is 0 Å². The molecule has 0 heterocycles. The molecule has 0 saturated carbocycles. The lowest BCUT2D eigenvalue weighted by molar-refractivity contribution is 0.196. The SMILES string of the molecule is COCCNC(C)c1cccc(OCC(C)C)c1. The van der Waals surface area contributed by atoms with Crippen LogP contribution in [-0.4, -0.2) is 26.9 Å². The van der Waals surface area contributed by atoms with Crippen LogP contribution in [0.5, 0.6) is 5.75 Å². The standard InChI is InChI=1S/C15H25NO2/c1-12(2)11-18-15-7-5-6-14(10-15)13(3)16-8-9-17-4/h5-7,10,12-13,16H,8-9,11H2,1-4H3. The van der Waals surface area contributed by atoms with E-state index in [0.717, 1.165) is 25.5 Å². The van der Waals surface area contributed by atoms with Gasteiger partial charge in [-0.1, -0.05) is 26.0 Å². The molecule has 0 radical (unpaired) electrons. The Balaban J connectivity index is 2.52. The van der Waals surface area contributed by atoms with Crippen LogP contribution in [0, 0.1) is 5.92 Å². The molecule has 18 heavy (non-hydrogen) atoms. The maximum absolute atomic E-state index is 5.73. The molecule has 0 fully saturated rings. The number of benzene rings is 1. The van der Waals surface area contributed by atoms with Crippen LogP contribution in [0.4, 0.5) is 0 Å². The molecule has 0 amide bonds. The van der Waals surface area contributed by atoms with Crippen molar-refractivity contribution < 1.29 is 9.47 Å². The molecule has 1 aromatic carbocycles. The molecule has 102 valence electrons. The third-order valence-corrected chi connectivity index (χ3v) is 2.70. The highest BCUT2D eigenvalue weighted by Crippen LogP contribution is 2.19. The molecule has 0 aliphatic heterocycles. The van der Waals surface area contributed by atoms with Crippen LogP contribution >= 0.6 is 0 Å². The highest BCUT2D eigenvalue weighted by Gasteiger charge is 2.06. The number of rotatable bonds is 8. The number of hydrogen-bond donors (Lipinski definition) is 1. The van der Waals surface area contributed by atoms with Crippen molar-refractivity contribution in [2.75, 3.05) is 26.9 Å². The van der Waals surface area contributed by atoms with Gasteiger partial charge in [-0.15, -0.1) is 0 Å². The molecule has 0 spiro atoms. The zero-order chi connectivity index (χ0) is 13.4. The zero-order valence-corrected chi connectivity index (χ0v) is 11.9. The molecule has 1 aromatic rings. The predicted octanol–water partition coefficient (Wildman–Crippen LogP) is 3.02. The summed E-state index contributed by atoms with van der Waals surface area (Å²) in [4.78, 5) is 0. The molecule has 1 rings (SSSR count). The largest absolute Gasteiger partial charge is 0.493 e. The third-order valence-electron chi connectivity index (χ3n) is 2.70. The van der Waals surface area contributed by atoms with Gasteiger partial charge in [0.2, 0.25) is 0 Å². The molecular formula is C15H25NO2. The minimum Gasteiger partial charge on any atom is -0.493 e. The topological polar surface area (TPSA) is 30.5 Å². The molecule has 0 aliphatic carbocycles. The van der Waals surface area contributed by atoms with Crippen LogP contribution in [0.3, 0.4) is 0 Å². The summed E-state index contributed by atoms with van der Waals surface area (Å²) in [6.45, 7) is 8.80. The maximum Gasteiger partial charge on any atom is 0.119 e. The van der Waals surface area contributed by atoms with Gasteiger partial charge in [0.25, 0.3) is 0 Å². The Morgan fingerprint density at radius 1 is 1.22 bits per heavy atom. The van der Waals surface area contributed by atoms with E-state index < -0.39 is 0 Å². The quantitative estimate of drug-likeness (QED) is 0.720. The van der Waals surface area contributed by atoms with Crippen molar-refractivity contribution in [3.63, 3.8) is 0 Å². The van der Waals surface area contributed by atoms with E-state index in [2.05, 4.69) is 38.2 Å². The fraction of sp³-hybridized carbons (Fsp3) is 0.600. The van der Waals surface area contributed by atoms with E-state index in [1.807, 2.05) is 12.1 Å². The fourth-order valence-corrected chi connectivity index (χ4v) is 1.63. The van der Waals surface area contributed by atoms with Crippen LogP contribution < -0.4 is 10.1 Å². The van der Waals surface area contributed by atoms with Crippen LogP contribution in [-0.2, 0) is 4.74 Å². The summed E-state index contributed by atoms with van der Waals surface area (Å²) in [5.41, 5.74) is 1.24. The second-order valence-corrected chi connectivity index (χ2v) is 4.95. The van der Waals surface area contributed by atoms with Gasteiger partial charge in [-0.05, 0) is 30.5 Å². The van der Waals surface area contributed by atoms with Gasteiger partial charge in [-0.2, -0.15) is 0 Å². The van der Waals surface area contributed by atoms with Crippen LogP contribution in [0.25, 0.3) is 0 Å². The maximum atomic E-state index is 5.73. The van der Waals surface area contributed by atoms with Gasteiger partial charge in [0, 0.05) is 19.7 Å². The van der Waals surface area contributed by atoms with Gasteiger partial charge in [0.05, 0.1) is 13.2 Å². The summed E-state index contributed by atoms with van der Waals surface area (Å²) in [5, 5.41) is 3.41. The fourth-order valence-electron chi connectivity index (χ4n) is 1.63. The van der Waals surface area contributed by atoms with E-state index in [1.165, 1.54) is 5.56 Å². The lowest BCUT2D eigenvalue weighted by Crippen LogP contribution is -2.22. The van der Waals surface area contributed by atoms with Crippen molar-refractivity contribution in [1.29, 1.82) is 0 Å². The van der Waals surface area contributed by atoms with Gasteiger partial charge in [0.1, 0.15) is 5.75 Å². The highest BCUT2D eigenvalue weighted by molar-refractivity contribution is 5.30. The van der Waals surface area contributed by atoms with E-state index in [0.29, 0.717) is 12.0 Å². The first-order chi connectivity index (χ1) is 8.63. The zero-order valence-electron chi connectivity index (χ0n) is 11.9. The molecule has 0 aliphatic rings. The molecule has 3 heteroatoms. The van der Waals surface area contributed by atoms with Gasteiger partial charge < -0.3 is 14.8 Å². The van der Waals surface area contributed by atoms with E-state index >= 15 is 0 Å². The predicted molar refractivity (Wildman–Crippen MR) is 75.1 cm³/mol. The number of ether oxygens (including phenoxy) is 2. The normalized spacial score (nSPS) is 12.7. The van der Waals surface area contributed by atoms with Crippen molar-refractivity contribution in [2.45, 2.75) is 26.8 Å². The van der Waals surface area contributed by atoms with E-state index in [9.17, 15) is 0 Å². The number of methoxy groups -OCH3 is 1.